The number of methoxy groups -OCH3 is 1. The fourth-order valence-electron chi connectivity index (χ4n) is 2.33. The molecule has 0 saturated carbocycles. The minimum Gasteiger partial charge on any atom is -0.497 e. The highest BCUT2D eigenvalue weighted by atomic mass is 16.5. The van der Waals surface area contributed by atoms with E-state index in [1.54, 1.807) is 31.0 Å². The third-order valence-electron chi connectivity index (χ3n) is 3.52. The first-order valence-electron chi connectivity index (χ1n) is 6.78. The van der Waals surface area contributed by atoms with Crippen molar-refractivity contribution in [3.8, 4) is 5.75 Å². The lowest BCUT2D eigenvalue weighted by molar-refractivity contribution is 0.0696. The van der Waals surface area contributed by atoms with Gasteiger partial charge in [0.15, 0.2) is 5.65 Å². The molecule has 6 heteroatoms. The van der Waals surface area contributed by atoms with Crippen LogP contribution >= 0.6 is 0 Å². The van der Waals surface area contributed by atoms with E-state index in [0.29, 0.717) is 17.9 Å². The number of carboxylic acids is 1. The fraction of sp³-hybridized carbons (Fsp3) is 0.188. The Morgan fingerprint density at radius 3 is 2.68 bits per heavy atom. The number of nitrogens with zero attached hydrogens (tertiary/aromatic N) is 3. The van der Waals surface area contributed by atoms with Crippen LogP contribution in [0.1, 0.15) is 21.6 Å². The van der Waals surface area contributed by atoms with Crippen LogP contribution in [0.2, 0.25) is 0 Å². The molecule has 1 N–H and O–H groups in total. The zero-order chi connectivity index (χ0) is 15.7. The Labute approximate surface area is 127 Å². The van der Waals surface area contributed by atoms with Crippen LogP contribution in [0, 0.1) is 6.92 Å². The van der Waals surface area contributed by atoms with E-state index < -0.39 is 5.97 Å². The second-order valence-corrected chi connectivity index (χ2v) is 4.99. The van der Waals surface area contributed by atoms with Gasteiger partial charge in [0.2, 0.25) is 0 Å². The van der Waals surface area contributed by atoms with Gasteiger partial charge in [-0.05, 0) is 30.7 Å². The largest absolute Gasteiger partial charge is 0.497 e. The van der Waals surface area contributed by atoms with Crippen LogP contribution in [0.15, 0.2) is 36.5 Å². The molecule has 0 unspecified atom stereocenters. The monoisotopic (exact) mass is 297 g/mol. The smallest absolute Gasteiger partial charge is 0.337 e. The van der Waals surface area contributed by atoms with Crippen LogP contribution in [-0.2, 0) is 6.54 Å². The minimum atomic E-state index is -0.977. The van der Waals surface area contributed by atoms with Crippen molar-refractivity contribution < 1.29 is 14.6 Å². The van der Waals surface area contributed by atoms with Crippen molar-refractivity contribution in [2.75, 3.05) is 7.11 Å². The van der Waals surface area contributed by atoms with E-state index in [0.717, 1.165) is 16.7 Å². The molecule has 0 spiro atoms. The van der Waals surface area contributed by atoms with Gasteiger partial charge < -0.3 is 9.84 Å². The van der Waals surface area contributed by atoms with Crippen molar-refractivity contribution in [1.82, 2.24) is 14.8 Å². The predicted molar refractivity (Wildman–Crippen MR) is 81.3 cm³/mol. The highest BCUT2D eigenvalue weighted by Crippen LogP contribution is 2.18. The Bertz CT molecular complexity index is 838. The quantitative estimate of drug-likeness (QED) is 0.800. The number of ether oxygens (including phenoxy) is 1. The summed E-state index contributed by atoms with van der Waals surface area (Å²) in [6.45, 7) is 2.25. The molecular formula is C16H15N3O3. The molecular weight excluding hydrogens is 282 g/mol. The molecule has 0 atom stereocenters. The van der Waals surface area contributed by atoms with Crippen molar-refractivity contribution in [3.05, 3.63) is 53.3 Å². The van der Waals surface area contributed by atoms with Gasteiger partial charge in [0.1, 0.15) is 5.75 Å². The number of aromatic carboxylic acids is 1. The Kier molecular flexibility index (Phi) is 3.50. The van der Waals surface area contributed by atoms with E-state index in [1.165, 1.54) is 0 Å². The zero-order valence-corrected chi connectivity index (χ0v) is 12.3. The van der Waals surface area contributed by atoms with Gasteiger partial charge in [-0.25, -0.2) is 14.5 Å². The molecule has 0 aliphatic rings. The van der Waals surface area contributed by atoms with E-state index in [1.807, 2.05) is 24.3 Å². The van der Waals surface area contributed by atoms with Gasteiger partial charge in [-0.2, -0.15) is 5.10 Å². The molecule has 0 saturated heterocycles. The lowest BCUT2D eigenvalue weighted by Gasteiger charge is -2.06. The van der Waals surface area contributed by atoms with E-state index in [-0.39, 0.29) is 5.56 Å². The molecule has 1 aromatic carbocycles. The summed E-state index contributed by atoms with van der Waals surface area (Å²) < 4.78 is 6.90. The normalized spacial score (nSPS) is 10.8. The molecule has 0 aliphatic carbocycles. The maximum atomic E-state index is 11.1. The lowest BCUT2D eigenvalue weighted by atomic mass is 10.2. The van der Waals surface area contributed by atoms with E-state index in [2.05, 4.69) is 10.1 Å². The summed E-state index contributed by atoms with van der Waals surface area (Å²) in [6.07, 6.45) is 1.64. The number of pyridine rings is 1. The summed E-state index contributed by atoms with van der Waals surface area (Å²) in [7, 11) is 1.63. The third-order valence-corrected chi connectivity index (χ3v) is 3.52. The molecule has 0 bridgehead atoms. The van der Waals surface area contributed by atoms with Gasteiger partial charge in [0, 0.05) is 5.39 Å². The molecule has 0 amide bonds. The number of hydrogen-bond donors (Lipinski definition) is 1. The molecule has 0 radical (unpaired) electrons. The predicted octanol–water partition coefficient (Wildman–Crippen LogP) is 2.49. The number of rotatable bonds is 4. The van der Waals surface area contributed by atoms with Crippen LogP contribution < -0.4 is 4.74 Å². The average Bonchev–Trinajstić information content (AvgIpc) is 2.89. The second kappa shape index (κ2) is 5.48. The molecule has 6 nitrogen and oxygen atoms in total. The van der Waals surface area contributed by atoms with Crippen LogP contribution in [0.4, 0.5) is 0 Å². The summed E-state index contributed by atoms with van der Waals surface area (Å²) in [6, 6.07) is 9.32. The topological polar surface area (TPSA) is 77.2 Å². The van der Waals surface area contributed by atoms with Crippen molar-refractivity contribution in [2.24, 2.45) is 0 Å². The number of fused-ring (bicyclic) bond motifs is 1. The van der Waals surface area contributed by atoms with Crippen molar-refractivity contribution in [2.45, 2.75) is 13.5 Å². The van der Waals surface area contributed by atoms with Crippen LogP contribution in [0.5, 0.6) is 5.75 Å². The highest BCUT2D eigenvalue weighted by molar-refractivity contribution is 5.93. The summed E-state index contributed by atoms with van der Waals surface area (Å²) in [5, 5.41) is 14.2. The molecule has 3 rings (SSSR count). The molecule has 0 aliphatic heterocycles. The van der Waals surface area contributed by atoms with Gasteiger partial charge in [0.05, 0.1) is 31.1 Å². The van der Waals surface area contributed by atoms with Crippen molar-refractivity contribution in [3.63, 3.8) is 0 Å². The number of hydrogen-bond acceptors (Lipinski definition) is 4. The van der Waals surface area contributed by atoms with Crippen LogP contribution in [0.25, 0.3) is 11.0 Å². The minimum absolute atomic E-state index is 0.205. The van der Waals surface area contributed by atoms with Crippen molar-refractivity contribution >= 4 is 17.0 Å². The average molecular weight is 297 g/mol. The molecule has 0 fully saturated rings. The number of aromatic nitrogens is 3. The van der Waals surface area contributed by atoms with Crippen LogP contribution in [-0.4, -0.2) is 33.0 Å². The first kappa shape index (κ1) is 14.1. The van der Waals surface area contributed by atoms with Gasteiger partial charge in [-0.15, -0.1) is 0 Å². The van der Waals surface area contributed by atoms with Gasteiger partial charge in [-0.3, -0.25) is 0 Å². The molecule has 3 aromatic rings. The highest BCUT2D eigenvalue weighted by Gasteiger charge is 2.13. The maximum Gasteiger partial charge on any atom is 0.337 e. The number of carboxylic acid groups (broad SMARTS) is 1. The maximum absolute atomic E-state index is 11.1. The molecule has 2 aromatic heterocycles. The summed E-state index contributed by atoms with van der Waals surface area (Å²) in [4.78, 5) is 15.5. The second-order valence-electron chi connectivity index (χ2n) is 4.99. The molecule has 2 heterocycles. The Morgan fingerprint density at radius 2 is 2.05 bits per heavy atom. The van der Waals surface area contributed by atoms with Gasteiger partial charge in [-0.1, -0.05) is 12.1 Å². The Hall–Kier alpha value is -2.89. The lowest BCUT2D eigenvalue weighted by Crippen LogP contribution is -2.06. The van der Waals surface area contributed by atoms with Gasteiger partial charge >= 0.3 is 5.97 Å². The summed E-state index contributed by atoms with van der Waals surface area (Å²) in [5.41, 5.74) is 2.43. The summed E-state index contributed by atoms with van der Waals surface area (Å²) >= 11 is 0. The summed E-state index contributed by atoms with van der Waals surface area (Å²) in [5.74, 6) is -0.177. The standard InChI is InChI=1S/C16H15N3O3/c1-10-14(16(20)21)7-12-8-17-19(15(12)18-10)9-11-3-5-13(22-2)6-4-11/h3-8H,9H2,1-2H3,(H,20,21). The number of aryl methyl sites for hydroxylation is 1. The SMILES string of the molecule is COc1ccc(Cn2ncc3cc(C(=O)O)c(C)nc32)cc1. The zero-order valence-electron chi connectivity index (χ0n) is 12.3. The molecule has 112 valence electrons. The van der Waals surface area contributed by atoms with Gasteiger partial charge in [0.25, 0.3) is 0 Å². The molecule has 22 heavy (non-hydrogen) atoms. The first-order chi connectivity index (χ1) is 10.6. The third kappa shape index (κ3) is 2.50. The fourth-order valence-corrected chi connectivity index (χ4v) is 2.33. The number of benzene rings is 1. The number of carbonyl (C=O) groups is 1. The van der Waals surface area contributed by atoms with E-state index >= 15 is 0 Å². The van der Waals surface area contributed by atoms with E-state index in [4.69, 9.17) is 9.84 Å². The van der Waals surface area contributed by atoms with Crippen LogP contribution in [0.3, 0.4) is 0 Å². The Morgan fingerprint density at radius 1 is 1.32 bits per heavy atom. The van der Waals surface area contributed by atoms with Crippen molar-refractivity contribution in [1.29, 1.82) is 0 Å². The van der Waals surface area contributed by atoms with E-state index in [9.17, 15) is 4.79 Å². The first-order valence-corrected chi connectivity index (χ1v) is 6.78. The Balaban J connectivity index is 1.97.